The number of nitrogens with one attached hydrogen (secondary N) is 2. The summed E-state index contributed by atoms with van der Waals surface area (Å²) >= 11 is 0. The Kier molecular flexibility index (Phi) is 4.52. The molecule has 4 atom stereocenters. The van der Waals surface area contributed by atoms with E-state index in [1.807, 2.05) is 0 Å². The molecule has 2 amide bonds. The molecule has 0 aromatic heterocycles. The lowest BCUT2D eigenvalue weighted by atomic mass is 9.91. The van der Waals surface area contributed by atoms with Crippen LogP contribution in [0.5, 0.6) is 5.75 Å². The lowest BCUT2D eigenvalue weighted by molar-refractivity contribution is -0.274. The molecule has 0 spiro atoms. The summed E-state index contributed by atoms with van der Waals surface area (Å²) in [5.74, 6) is -1.32. The molecule has 1 aromatic carbocycles. The third kappa shape index (κ3) is 3.80. The number of nitrogens with zero attached hydrogens (tertiary/aromatic N) is 1. The number of alkyl halides is 3. The normalized spacial score (nSPS) is 28.1. The van der Waals surface area contributed by atoms with Gasteiger partial charge in [0.25, 0.3) is 5.91 Å². The van der Waals surface area contributed by atoms with E-state index in [1.165, 1.54) is 12.1 Å². The Balaban J connectivity index is 1.52. The number of ether oxygens (including phenoxy) is 1. The van der Waals surface area contributed by atoms with Crippen LogP contribution in [0.1, 0.15) is 43.0 Å². The van der Waals surface area contributed by atoms with Gasteiger partial charge in [0.1, 0.15) is 11.3 Å². The van der Waals surface area contributed by atoms with Gasteiger partial charge in [-0.05, 0) is 57.4 Å². The first-order valence-electron chi connectivity index (χ1n) is 9.42. The lowest BCUT2D eigenvalue weighted by Crippen LogP contribution is -2.62. The van der Waals surface area contributed by atoms with E-state index < -0.39 is 23.6 Å². The molecule has 2 heterocycles. The molecule has 6 nitrogen and oxygen atoms in total. The molecule has 2 saturated heterocycles. The van der Waals surface area contributed by atoms with Crippen LogP contribution in [-0.2, 0) is 4.79 Å². The molecule has 2 unspecified atom stereocenters. The van der Waals surface area contributed by atoms with Gasteiger partial charge in [-0.25, -0.2) is 0 Å². The maximum absolute atomic E-state index is 12.9. The molecule has 1 aliphatic carbocycles. The van der Waals surface area contributed by atoms with Crippen molar-refractivity contribution < 1.29 is 27.5 Å². The Labute approximate surface area is 160 Å². The van der Waals surface area contributed by atoms with Crippen LogP contribution in [0.25, 0.3) is 0 Å². The monoisotopic (exact) mass is 397 g/mol. The molecule has 1 aromatic rings. The molecule has 3 fully saturated rings. The number of hydrogen-bond acceptors (Lipinski definition) is 4. The van der Waals surface area contributed by atoms with Crippen molar-refractivity contribution in [2.75, 3.05) is 6.54 Å². The Morgan fingerprint density at radius 3 is 2.57 bits per heavy atom. The quantitative estimate of drug-likeness (QED) is 0.722. The van der Waals surface area contributed by atoms with Gasteiger partial charge in [-0.3, -0.25) is 14.5 Å². The summed E-state index contributed by atoms with van der Waals surface area (Å²) in [5.41, 5.74) is -1.14. The third-order valence-electron chi connectivity index (χ3n) is 5.65. The van der Waals surface area contributed by atoms with Gasteiger partial charge in [0, 0.05) is 17.6 Å². The minimum Gasteiger partial charge on any atom is -0.406 e. The summed E-state index contributed by atoms with van der Waals surface area (Å²) in [4.78, 5) is 27.9. The van der Waals surface area contributed by atoms with E-state index in [1.54, 1.807) is 6.92 Å². The average Bonchev–Trinajstić information content (AvgIpc) is 3.51. The van der Waals surface area contributed by atoms with Gasteiger partial charge in [0.15, 0.2) is 0 Å². The second kappa shape index (κ2) is 6.65. The number of carbonyl (C=O) groups excluding carboxylic acids is 2. The van der Waals surface area contributed by atoms with E-state index >= 15 is 0 Å². The highest BCUT2D eigenvalue weighted by molar-refractivity contribution is 6.00. The maximum atomic E-state index is 12.9. The summed E-state index contributed by atoms with van der Waals surface area (Å²) in [6.45, 7) is 2.58. The van der Waals surface area contributed by atoms with Crippen molar-refractivity contribution in [1.82, 2.24) is 15.5 Å². The van der Waals surface area contributed by atoms with Crippen molar-refractivity contribution in [3.05, 3.63) is 29.8 Å². The van der Waals surface area contributed by atoms with Crippen LogP contribution in [-0.4, -0.2) is 53.3 Å². The fourth-order valence-electron chi connectivity index (χ4n) is 4.13. The van der Waals surface area contributed by atoms with Crippen molar-refractivity contribution in [2.24, 2.45) is 0 Å². The molecule has 2 aliphatic heterocycles. The van der Waals surface area contributed by atoms with Gasteiger partial charge < -0.3 is 15.4 Å². The highest BCUT2D eigenvalue weighted by atomic mass is 19.4. The van der Waals surface area contributed by atoms with Gasteiger partial charge in [-0.1, -0.05) is 6.07 Å². The standard InChI is InChI=1S/C19H22F3N3O3/c1-18(17(27)23-12-7-8-12,15-14-6-3-9-25(14)15)24-16(26)11-4-2-5-13(10-11)28-19(20,21)22/h2,4-5,10,12,14-15H,3,6-9H2,1H3,(H,23,27)(H,24,26)/t14-,15-,18?,25?/m0/s1. The van der Waals surface area contributed by atoms with Gasteiger partial charge in [-0.15, -0.1) is 13.2 Å². The van der Waals surface area contributed by atoms with Crippen LogP contribution < -0.4 is 15.4 Å². The zero-order valence-electron chi connectivity index (χ0n) is 15.4. The number of fused-ring (bicyclic) bond motifs is 1. The van der Waals surface area contributed by atoms with Crippen LogP contribution >= 0.6 is 0 Å². The molecular formula is C19H22F3N3O3. The topological polar surface area (TPSA) is 70.4 Å². The van der Waals surface area contributed by atoms with Crippen LogP contribution in [0, 0.1) is 0 Å². The van der Waals surface area contributed by atoms with Crippen molar-refractivity contribution >= 4 is 11.8 Å². The molecular weight excluding hydrogens is 375 g/mol. The number of amides is 2. The average molecular weight is 397 g/mol. The van der Waals surface area contributed by atoms with Crippen LogP contribution in [0.15, 0.2) is 24.3 Å². The fourth-order valence-corrected chi connectivity index (χ4v) is 4.13. The Morgan fingerprint density at radius 2 is 1.96 bits per heavy atom. The molecule has 0 radical (unpaired) electrons. The second-order valence-corrected chi connectivity index (χ2v) is 7.87. The Bertz CT molecular complexity index is 786. The summed E-state index contributed by atoms with van der Waals surface area (Å²) < 4.78 is 41.2. The molecule has 1 saturated carbocycles. The first-order chi connectivity index (χ1) is 13.2. The maximum Gasteiger partial charge on any atom is 0.573 e. The minimum atomic E-state index is -4.84. The molecule has 0 bridgehead atoms. The second-order valence-electron chi connectivity index (χ2n) is 7.87. The zero-order valence-corrected chi connectivity index (χ0v) is 15.4. The summed E-state index contributed by atoms with van der Waals surface area (Å²) in [5, 5.41) is 5.74. The predicted octanol–water partition coefficient (Wildman–Crippen LogP) is 2.20. The number of carbonyl (C=O) groups is 2. The van der Waals surface area contributed by atoms with Gasteiger partial charge in [-0.2, -0.15) is 0 Å². The highest BCUT2D eigenvalue weighted by Crippen LogP contribution is 2.44. The molecule has 9 heteroatoms. The van der Waals surface area contributed by atoms with E-state index in [2.05, 4.69) is 20.3 Å². The zero-order chi connectivity index (χ0) is 20.1. The first kappa shape index (κ1) is 19.0. The smallest absolute Gasteiger partial charge is 0.406 e. The summed E-state index contributed by atoms with van der Waals surface area (Å²) in [6.07, 6.45) is -0.963. The van der Waals surface area contributed by atoms with Crippen LogP contribution in [0.3, 0.4) is 0 Å². The van der Waals surface area contributed by atoms with E-state index in [0.717, 1.165) is 44.4 Å². The fraction of sp³-hybridized carbons (Fsp3) is 0.579. The van der Waals surface area contributed by atoms with Crippen molar-refractivity contribution in [3.63, 3.8) is 0 Å². The largest absolute Gasteiger partial charge is 0.573 e. The van der Waals surface area contributed by atoms with Gasteiger partial charge in [0.2, 0.25) is 5.91 Å². The number of halogens is 3. The Morgan fingerprint density at radius 1 is 1.21 bits per heavy atom. The van der Waals surface area contributed by atoms with Crippen LogP contribution in [0.2, 0.25) is 0 Å². The number of hydrogen-bond donors (Lipinski definition) is 2. The number of rotatable bonds is 6. The van der Waals surface area contributed by atoms with Crippen molar-refractivity contribution in [3.8, 4) is 5.75 Å². The Hall–Kier alpha value is -2.29. The van der Waals surface area contributed by atoms with E-state index in [4.69, 9.17) is 0 Å². The number of benzene rings is 1. The third-order valence-corrected chi connectivity index (χ3v) is 5.65. The highest BCUT2D eigenvalue weighted by Gasteiger charge is 2.62. The molecule has 4 rings (SSSR count). The van der Waals surface area contributed by atoms with E-state index in [-0.39, 0.29) is 29.6 Å². The molecule has 2 N–H and O–H groups in total. The van der Waals surface area contributed by atoms with Gasteiger partial charge in [0.05, 0.1) is 6.04 Å². The predicted molar refractivity (Wildman–Crippen MR) is 93.7 cm³/mol. The van der Waals surface area contributed by atoms with Crippen LogP contribution in [0.4, 0.5) is 13.2 Å². The van der Waals surface area contributed by atoms with Crippen molar-refractivity contribution in [2.45, 2.75) is 62.6 Å². The van der Waals surface area contributed by atoms with E-state index in [9.17, 15) is 22.8 Å². The first-order valence-corrected chi connectivity index (χ1v) is 9.42. The van der Waals surface area contributed by atoms with E-state index in [0.29, 0.717) is 0 Å². The summed E-state index contributed by atoms with van der Waals surface area (Å²) in [6, 6.07) is 5.16. The van der Waals surface area contributed by atoms with Gasteiger partial charge >= 0.3 is 6.36 Å². The number of piperidine rings is 1. The molecule has 3 aliphatic rings. The lowest BCUT2D eigenvalue weighted by Gasteiger charge is -2.31. The molecule has 152 valence electrons. The molecule has 28 heavy (non-hydrogen) atoms. The summed E-state index contributed by atoms with van der Waals surface area (Å²) in [7, 11) is 0. The SMILES string of the molecule is CC(NC(=O)c1cccc(OC(F)(F)F)c1)(C(=O)NC1CC1)[C@@H]1[C@@H]2CCCN12. The minimum absolute atomic E-state index is 0.00741. The van der Waals surface area contributed by atoms with Crippen molar-refractivity contribution in [1.29, 1.82) is 0 Å².